The molecule has 180 valence electrons. The average Bonchev–Trinajstić information content (AvgIpc) is 3.16. The third-order valence-electron chi connectivity index (χ3n) is 5.60. The number of pyridine rings is 1. The van der Waals surface area contributed by atoms with Gasteiger partial charge in [0.15, 0.2) is 5.11 Å². The molecule has 3 aromatic rings. The Balaban J connectivity index is 1.44. The van der Waals surface area contributed by atoms with E-state index in [1.807, 2.05) is 18.3 Å². The average molecular weight is 488 g/mol. The van der Waals surface area contributed by atoms with Gasteiger partial charge in [0, 0.05) is 36.5 Å². The number of rotatable bonds is 4. The lowest BCUT2D eigenvalue weighted by Gasteiger charge is -2.33. The molecule has 34 heavy (non-hydrogen) atoms. The normalized spacial score (nSPS) is 16.6. The Labute approximate surface area is 202 Å². The summed E-state index contributed by atoms with van der Waals surface area (Å²) in [6.07, 6.45) is 3.06. The highest BCUT2D eigenvalue weighted by molar-refractivity contribution is 7.80. The Hall–Kier alpha value is -3.07. The van der Waals surface area contributed by atoms with E-state index < -0.39 is 11.7 Å². The molecule has 0 spiro atoms. The number of alkyl halides is 3. The van der Waals surface area contributed by atoms with Crippen molar-refractivity contribution in [2.45, 2.75) is 39.3 Å². The minimum absolute atomic E-state index is 0.243. The van der Waals surface area contributed by atoms with Crippen LogP contribution in [0.2, 0.25) is 0 Å². The van der Waals surface area contributed by atoms with Crippen molar-refractivity contribution < 1.29 is 13.2 Å². The lowest BCUT2D eigenvalue weighted by molar-refractivity contribution is -0.137. The number of benzene rings is 1. The number of aromatic amines is 1. The van der Waals surface area contributed by atoms with Crippen molar-refractivity contribution in [2.75, 3.05) is 23.7 Å². The Kier molecular flexibility index (Phi) is 6.58. The maximum absolute atomic E-state index is 12.7. The number of anilines is 2. The minimum Gasteiger partial charge on any atom is -0.377 e. The number of aromatic nitrogens is 2. The van der Waals surface area contributed by atoms with Crippen molar-refractivity contribution in [3.05, 3.63) is 66.0 Å². The highest BCUT2D eigenvalue weighted by Crippen LogP contribution is 2.32. The lowest BCUT2D eigenvalue weighted by atomic mass is 9.92. The Bertz CT molecular complexity index is 1190. The molecule has 0 radical (unpaired) electrons. The van der Waals surface area contributed by atoms with Gasteiger partial charge in [-0.05, 0) is 66.7 Å². The van der Waals surface area contributed by atoms with Crippen molar-refractivity contribution in [2.24, 2.45) is 5.41 Å². The maximum atomic E-state index is 12.7. The van der Waals surface area contributed by atoms with Crippen LogP contribution in [0.5, 0.6) is 0 Å². The Morgan fingerprint density at radius 2 is 1.85 bits per heavy atom. The van der Waals surface area contributed by atoms with Crippen molar-refractivity contribution in [1.29, 1.82) is 0 Å². The molecule has 4 rings (SSSR count). The first kappa shape index (κ1) is 24.1. The van der Waals surface area contributed by atoms with Gasteiger partial charge in [0.2, 0.25) is 0 Å². The van der Waals surface area contributed by atoms with Gasteiger partial charge in [-0.3, -0.25) is 0 Å². The van der Waals surface area contributed by atoms with Crippen LogP contribution < -0.4 is 10.6 Å². The van der Waals surface area contributed by atoms with E-state index in [1.165, 1.54) is 12.1 Å². The van der Waals surface area contributed by atoms with Gasteiger partial charge in [-0.15, -0.1) is 0 Å². The standard InChI is InChI=1S/C25H28F3N5S/c1-24(2,3)15-33-12-10-16(11-13-33)19-14-29-20-8-9-21(31-22(19)20)32-23(34)30-18-6-4-17(5-7-18)25(26,27)28/h4-10,12,14,16,29H,11,13,15H2,1-3H3,(H2,30,31,32,34). The van der Waals surface area contributed by atoms with Crippen molar-refractivity contribution in [1.82, 2.24) is 14.9 Å². The quantitative estimate of drug-likeness (QED) is 0.356. The molecule has 2 aromatic heterocycles. The van der Waals surface area contributed by atoms with Crippen LogP contribution in [-0.2, 0) is 6.18 Å². The maximum Gasteiger partial charge on any atom is 0.416 e. The minimum atomic E-state index is -4.37. The SMILES string of the molecule is CC(C)(C)CN1C=CC(c2c[nH]c3ccc(NC(=S)Nc4ccc(C(F)(F)F)cc4)nc23)CC1. The van der Waals surface area contributed by atoms with Gasteiger partial charge in [-0.2, -0.15) is 13.2 Å². The summed E-state index contributed by atoms with van der Waals surface area (Å²) >= 11 is 5.33. The molecule has 0 aliphatic carbocycles. The number of nitrogens with one attached hydrogen (secondary N) is 3. The van der Waals surface area contributed by atoms with Crippen LogP contribution in [0.3, 0.4) is 0 Å². The summed E-state index contributed by atoms with van der Waals surface area (Å²) in [5.41, 5.74) is 2.94. The van der Waals surface area contributed by atoms with E-state index in [0.29, 0.717) is 11.5 Å². The highest BCUT2D eigenvalue weighted by atomic mass is 32.1. The zero-order valence-corrected chi connectivity index (χ0v) is 20.1. The summed E-state index contributed by atoms with van der Waals surface area (Å²) in [6.45, 7) is 8.72. The molecule has 1 aliphatic rings. The van der Waals surface area contributed by atoms with E-state index >= 15 is 0 Å². The molecule has 1 unspecified atom stereocenters. The van der Waals surface area contributed by atoms with Gasteiger partial charge < -0.3 is 20.5 Å². The monoisotopic (exact) mass is 487 g/mol. The highest BCUT2D eigenvalue weighted by Gasteiger charge is 2.30. The van der Waals surface area contributed by atoms with Crippen molar-refractivity contribution in [3.8, 4) is 0 Å². The largest absolute Gasteiger partial charge is 0.416 e. The third kappa shape index (κ3) is 5.88. The Morgan fingerprint density at radius 1 is 1.12 bits per heavy atom. The predicted octanol–water partition coefficient (Wildman–Crippen LogP) is 6.74. The molecule has 3 N–H and O–H groups in total. The van der Waals surface area contributed by atoms with Crippen molar-refractivity contribution in [3.63, 3.8) is 0 Å². The summed E-state index contributed by atoms with van der Waals surface area (Å²) in [4.78, 5) is 10.4. The van der Waals surface area contributed by atoms with Gasteiger partial charge >= 0.3 is 6.18 Å². The van der Waals surface area contributed by atoms with Gasteiger partial charge in [-0.1, -0.05) is 26.8 Å². The molecule has 1 atom stereocenters. The smallest absolute Gasteiger partial charge is 0.377 e. The van der Waals surface area contributed by atoms with Gasteiger partial charge in [0.1, 0.15) is 5.82 Å². The first-order chi connectivity index (χ1) is 16.0. The summed E-state index contributed by atoms with van der Waals surface area (Å²) in [5.74, 6) is 0.830. The number of H-pyrrole nitrogens is 1. The van der Waals surface area contributed by atoms with E-state index in [4.69, 9.17) is 17.2 Å². The fraction of sp³-hybridized carbons (Fsp3) is 0.360. The number of thiocarbonyl (C=S) groups is 1. The third-order valence-corrected chi connectivity index (χ3v) is 5.80. The summed E-state index contributed by atoms with van der Waals surface area (Å²) in [5, 5.41) is 6.18. The zero-order chi connectivity index (χ0) is 24.5. The van der Waals surface area contributed by atoms with Crippen LogP contribution in [0.1, 0.15) is 44.2 Å². The van der Waals surface area contributed by atoms with Gasteiger partial charge in [0.05, 0.1) is 16.6 Å². The fourth-order valence-corrected chi connectivity index (χ4v) is 4.32. The molecule has 0 fully saturated rings. The second-order valence-electron chi connectivity index (χ2n) is 9.76. The molecule has 3 heterocycles. The predicted molar refractivity (Wildman–Crippen MR) is 135 cm³/mol. The van der Waals surface area contributed by atoms with Crippen molar-refractivity contribution >= 4 is 39.9 Å². The van der Waals surface area contributed by atoms with Crippen LogP contribution in [-0.4, -0.2) is 33.1 Å². The number of nitrogens with zero attached hydrogens (tertiary/aromatic N) is 2. The number of fused-ring (bicyclic) bond motifs is 1. The topological polar surface area (TPSA) is 56.0 Å². The molecule has 0 bridgehead atoms. The molecule has 0 saturated heterocycles. The summed E-state index contributed by atoms with van der Waals surface area (Å²) in [6, 6.07) is 8.47. The second kappa shape index (κ2) is 9.29. The van der Waals surface area contributed by atoms with Crippen LogP contribution in [0.15, 0.2) is 54.9 Å². The van der Waals surface area contributed by atoms with Crippen LogP contribution in [0.25, 0.3) is 11.0 Å². The number of hydrogen-bond acceptors (Lipinski definition) is 3. The van der Waals surface area contributed by atoms with E-state index in [1.54, 1.807) is 0 Å². The number of halogens is 3. The van der Waals surface area contributed by atoms with Crippen LogP contribution >= 0.6 is 12.2 Å². The fourth-order valence-electron chi connectivity index (χ4n) is 4.09. The van der Waals surface area contributed by atoms with E-state index in [9.17, 15) is 13.2 Å². The first-order valence-corrected chi connectivity index (χ1v) is 11.5. The molecule has 1 aliphatic heterocycles. The molecule has 0 amide bonds. The molecule has 0 saturated carbocycles. The number of allylic oxidation sites excluding steroid dienone is 1. The van der Waals surface area contributed by atoms with Gasteiger partial charge in [-0.25, -0.2) is 4.98 Å². The zero-order valence-electron chi connectivity index (χ0n) is 19.3. The molecule has 1 aromatic carbocycles. The van der Waals surface area contributed by atoms with E-state index in [0.717, 1.165) is 48.2 Å². The van der Waals surface area contributed by atoms with E-state index in [-0.39, 0.29) is 16.4 Å². The Morgan fingerprint density at radius 3 is 2.47 bits per heavy atom. The molecular weight excluding hydrogens is 459 g/mol. The van der Waals surface area contributed by atoms with Gasteiger partial charge in [0.25, 0.3) is 0 Å². The first-order valence-electron chi connectivity index (χ1n) is 11.1. The lowest BCUT2D eigenvalue weighted by Crippen LogP contribution is -2.32. The number of hydrogen-bond donors (Lipinski definition) is 3. The van der Waals surface area contributed by atoms with E-state index in [2.05, 4.69) is 53.6 Å². The van der Waals surface area contributed by atoms with Crippen LogP contribution in [0, 0.1) is 5.41 Å². The van der Waals surface area contributed by atoms with Crippen LogP contribution in [0.4, 0.5) is 24.7 Å². The molecular formula is C25H28F3N5S. The summed E-state index contributed by atoms with van der Waals surface area (Å²) in [7, 11) is 0. The molecule has 5 nitrogen and oxygen atoms in total. The molecule has 9 heteroatoms. The second-order valence-corrected chi connectivity index (χ2v) is 10.2. The summed E-state index contributed by atoms with van der Waals surface area (Å²) < 4.78 is 38.2.